The van der Waals surface area contributed by atoms with E-state index in [-0.39, 0.29) is 13.2 Å². The first-order chi connectivity index (χ1) is 3.41. The largest absolute Gasteiger partial charge is 0.445 e. The third kappa shape index (κ3) is 4.87. The predicted octanol–water partition coefficient (Wildman–Crippen LogP) is -0.612. The molecule has 0 heterocycles. The molecule has 0 bridgehead atoms. The van der Waals surface area contributed by atoms with E-state index in [1.54, 1.807) is 0 Å². The van der Waals surface area contributed by atoms with E-state index in [0.29, 0.717) is 0 Å². The smallest absolute Gasteiger partial charge is 0.294 e. The highest BCUT2D eigenvalue weighted by molar-refractivity contribution is 5.36. The van der Waals surface area contributed by atoms with E-state index >= 15 is 0 Å². The van der Waals surface area contributed by atoms with Crippen molar-refractivity contribution < 1.29 is 9.53 Å². The summed E-state index contributed by atoms with van der Waals surface area (Å²) >= 11 is 0. The number of nitroso groups, excluding NO2 is 1. The van der Waals surface area contributed by atoms with Gasteiger partial charge in [-0.15, -0.1) is 4.91 Å². The number of nitrogens with one attached hydrogen (secondary N) is 1. The number of carbonyl (C=O) groups excluding carboxylic acids is 1. The van der Waals surface area contributed by atoms with E-state index in [2.05, 4.69) is 10.0 Å². The summed E-state index contributed by atoms with van der Waals surface area (Å²) in [4.78, 5) is 18.4. The summed E-state index contributed by atoms with van der Waals surface area (Å²) in [5, 5.41) is 2.19. The summed E-state index contributed by atoms with van der Waals surface area (Å²) < 4.78 is 3.99. The van der Waals surface area contributed by atoms with Gasteiger partial charge in [-0.1, -0.05) is 0 Å². The van der Waals surface area contributed by atoms with Crippen molar-refractivity contribution in [3.8, 4) is 0 Å². The van der Waals surface area contributed by atoms with Crippen LogP contribution < -0.4 is 5.43 Å². The fraction of sp³-hybridized carbons (Fsp3) is 0.500. The Morgan fingerprint density at radius 2 is 2.57 bits per heavy atom. The van der Waals surface area contributed by atoms with Crippen LogP contribution in [0.1, 0.15) is 0 Å². The quantitative estimate of drug-likeness (QED) is 0.170. The summed E-state index contributed by atoms with van der Waals surface area (Å²) in [7, 11) is 0. The fourth-order valence-corrected chi connectivity index (χ4v) is 0.0976. The van der Waals surface area contributed by atoms with Crippen molar-refractivity contribution in [1.82, 2.24) is 5.43 Å². The number of carbonyl (C=O) groups is 1. The number of hydrogen-bond donors (Lipinski definition) is 1. The molecule has 0 saturated heterocycles. The second-order valence-corrected chi connectivity index (χ2v) is 0.657. The van der Waals surface area contributed by atoms with Crippen molar-refractivity contribution in [2.75, 3.05) is 6.73 Å². The Bertz CT molecular complexity index is 56.0. The molecule has 0 rings (SSSR count). The van der Waals surface area contributed by atoms with Crippen molar-refractivity contribution in [2.45, 2.75) is 0 Å². The van der Waals surface area contributed by atoms with Gasteiger partial charge in [0.15, 0.2) is 6.73 Å². The fourth-order valence-electron chi connectivity index (χ4n) is 0.0976. The summed E-state index contributed by atoms with van der Waals surface area (Å²) in [6, 6.07) is 0. The van der Waals surface area contributed by atoms with Crippen molar-refractivity contribution >= 4 is 6.47 Å². The van der Waals surface area contributed by atoms with Crippen molar-refractivity contribution in [1.29, 1.82) is 0 Å². The number of hydrogen-bond acceptors (Lipinski definition) is 4. The first kappa shape index (κ1) is 5.87. The van der Waals surface area contributed by atoms with Crippen LogP contribution in [0, 0.1) is 4.91 Å². The molecule has 0 radical (unpaired) electrons. The average Bonchev–Trinajstić information content (AvgIpc) is 1.69. The van der Waals surface area contributed by atoms with E-state index in [0.717, 1.165) is 0 Å². The monoisotopic (exact) mass is 104 g/mol. The van der Waals surface area contributed by atoms with Crippen molar-refractivity contribution in [2.24, 2.45) is 5.29 Å². The molecule has 0 aliphatic carbocycles. The lowest BCUT2D eigenvalue weighted by atomic mass is 11.3. The molecule has 40 valence electrons. The van der Waals surface area contributed by atoms with E-state index in [1.807, 2.05) is 5.43 Å². The zero-order valence-electron chi connectivity index (χ0n) is 3.46. The van der Waals surface area contributed by atoms with Gasteiger partial charge in [-0.25, -0.2) is 5.43 Å². The van der Waals surface area contributed by atoms with E-state index in [9.17, 15) is 4.79 Å². The van der Waals surface area contributed by atoms with Gasteiger partial charge in [0.2, 0.25) is 0 Å². The highest BCUT2D eigenvalue weighted by Gasteiger charge is 1.73. The summed E-state index contributed by atoms with van der Waals surface area (Å²) in [6.45, 7) is 0.0607. The molecule has 0 aromatic carbocycles. The molecular formula is C2H4N2O3. The van der Waals surface area contributed by atoms with Crippen molar-refractivity contribution in [3.63, 3.8) is 0 Å². The lowest BCUT2D eigenvalue weighted by Gasteiger charge is -1.88. The minimum Gasteiger partial charge on any atom is -0.445 e. The Hall–Kier alpha value is -1.13. The van der Waals surface area contributed by atoms with Gasteiger partial charge in [0.05, 0.1) is 5.29 Å². The lowest BCUT2D eigenvalue weighted by Crippen LogP contribution is -2.08. The van der Waals surface area contributed by atoms with Gasteiger partial charge < -0.3 is 4.74 Å². The van der Waals surface area contributed by atoms with Crippen LogP contribution in [-0.2, 0) is 9.53 Å². The van der Waals surface area contributed by atoms with Gasteiger partial charge in [0.1, 0.15) is 0 Å². The Morgan fingerprint density at radius 1 is 1.86 bits per heavy atom. The average molecular weight is 104 g/mol. The molecule has 0 amide bonds. The van der Waals surface area contributed by atoms with Gasteiger partial charge in [-0.05, 0) is 0 Å². The Balaban J connectivity index is 2.68. The minimum absolute atomic E-state index is 0.160. The molecule has 5 nitrogen and oxygen atoms in total. The molecular weight excluding hydrogens is 100 g/mol. The van der Waals surface area contributed by atoms with E-state index in [1.165, 1.54) is 0 Å². The molecule has 0 aromatic rings. The topological polar surface area (TPSA) is 67.8 Å². The van der Waals surface area contributed by atoms with Crippen LogP contribution in [0.5, 0.6) is 0 Å². The first-order valence-corrected chi connectivity index (χ1v) is 1.52. The zero-order chi connectivity index (χ0) is 5.54. The highest BCUT2D eigenvalue weighted by Crippen LogP contribution is 1.57. The van der Waals surface area contributed by atoms with Crippen LogP contribution in [0.25, 0.3) is 0 Å². The van der Waals surface area contributed by atoms with Gasteiger partial charge in [0, 0.05) is 0 Å². The Kier molecular flexibility index (Phi) is 4.08. The molecule has 0 atom stereocenters. The van der Waals surface area contributed by atoms with Crippen LogP contribution in [0.15, 0.2) is 5.29 Å². The number of ether oxygens (including phenoxy) is 1. The van der Waals surface area contributed by atoms with Crippen molar-refractivity contribution in [3.05, 3.63) is 4.91 Å². The molecule has 0 spiro atoms. The SMILES string of the molecule is O=COCNN=O. The van der Waals surface area contributed by atoms with Crippen LogP contribution >= 0.6 is 0 Å². The summed E-state index contributed by atoms with van der Waals surface area (Å²) in [5.41, 5.74) is 1.87. The zero-order valence-corrected chi connectivity index (χ0v) is 3.46. The highest BCUT2D eigenvalue weighted by atomic mass is 16.5. The first-order valence-electron chi connectivity index (χ1n) is 1.52. The van der Waals surface area contributed by atoms with Gasteiger partial charge in [-0.3, -0.25) is 4.79 Å². The molecule has 0 aliphatic heterocycles. The third-order valence-corrected chi connectivity index (χ3v) is 0.280. The normalized spacial score (nSPS) is 6.86. The molecule has 5 heteroatoms. The second kappa shape index (κ2) is 4.87. The molecule has 0 aliphatic rings. The standard InChI is InChI=1S/C2H4N2O3/c5-2-7-1-3-4-6/h2H,1H2,(H,3,6). The van der Waals surface area contributed by atoms with E-state index in [4.69, 9.17) is 4.91 Å². The summed E-state index contributed by atoms with van der Waals surface area (Å²) in [6.07, 6.45) is 0. The van der Waals surface area contributed by atoms with Crippen LogP contribution in [0.2, 0.25) is 0 Å². The van der Waals surface area contributed by atoms with Gasteiger partial charge >= 0.3 is 0 Å². The summed E-state index contributed by atoms with van der Waals surface area (Å²) in [5.74, 6) is 0. The van der Waals surface area contributed by atoms with Gasteiger partial charge in [0.25, 0.3) is 6.47 Å². The Morgan fingerprint density at radius 3 is 3.00 bits per heavy atom. The third-order valence-electron chi connectivity index (χ3n) is 0.280. The Labute approximate surface area is 39.6 Å². The minimum atomic E-state index is -0.160. The predicted molar refractivity (Wildman–Crippen MR) is 20.9 cm³/mol. The maximum absolute atomic E-state index is 9.27. The maximum Gasteiger partial charge on any atom is 0.294 e. The molecule has 0 fully saturated rings. The van der Waals surface area contributed by atoms with Gasteiger partial charge in [-0.2, -0.15) is 0 Å². The molecule has 1 N–H and O–H groups in total. The van der Waals surface area contributed by atoms with E-state index < -0.39 is 0 Å². The van der Waals surface area contributed by atoms with Crippen LogP contribution in [-0.4, -0.2) is 13.2 Å². The molecule has 0 unspecified atom stereocenters. The molecule has 0 saturated carbocycles. The van der Waals surface area contributed by atoms with Crippen LogP contribution in [0.3, 0.4) is 0 Å². The number of rotatable bonds is 4. The maximum atomic E-state index is 9.27. The second-order valence-electron chi connectivity index (χ2n) is 0.657. The molecule has 7 heavy (non-hydrogen) atoms. The number of nitrogens with zero attached hydrogens (tertiary/aromatic N) is 1. The van der Waals surface area contributed by atoms with Crippen LogP contribution in [0.4, 0.5) is 0 Å². The lowest BCUT2D eigenvalue weighted by molar-refractivity contribution is -0.129. The molecule has 0 aromatic heterocycles.